The molecule has 0 bridgehead atoms. The van der Waals surface area contributed by atoms with Crippen LogP contribution in [-0.2, 0) is 10.0 Å². The highest BCUT2D eigenvalue weighted by Crippen LogP contribution is 2.29. The van der Waals surface area contributed by atoms with Crippen LogP contribution < -0.4 is 5.73 Å². The zero-order valence-electron chi connectivity index (χ0n) is 13.1. The van der Waals surface area contributed by atoms with Gasteiger partial charge < -0.3 is 5.73 Å². The van der Waals surface area contributed by atoms with E-state index in [0.717, 1.165) is 13.1 Å². The summed E-state index contributed by atoms with van der Waals surface area (Å²) < 4.78 is 27.4. The van der Waals surface area contributed by atoms with Gasteiger partial charge in [-0.2, -0.15) is 4.31 Å². The van der Waals surface area contributed by atoms with Crippen LogP contribution in [0.15, 0.2) is 29.2 Å². The first-order chi connectivity index (χ1) is 10.5. The molecule has 0 aromatic heterocycles. The standard InChI is InChI=1S/C16H25N3O2S/c1-13-11-18(14-5-4-6-14)9-10-19(12-13)22(20,21)16-8-3-2-7-15(16)17/h2-3,7-8,13-14H,4-6,9-12,17H2,1H3. The largest absolute Gasteiger partial charge is 0.398 e. The second kappa shape index (κ2) is 6.18. The number of hydrogen-bond donors (Lipinski definition) is 1. The van der Waals surface area contributed by atoms with Gasteiger partial charge in [0.15, 0.2) is 0 Å². The van der Waals surface area contributed by atoms with Gasteiger partial charge in [0.25, 0.3) is 0 Å². The molecule has 1 heterocycles. The van der Waals surface area contributed by atoms with Crippen LogP contribution in [0.2, 0.25) is 0 Å². The molecule has 1 aliphatic carbocycles. The first kappa shape index (κ1) is 15.8. The van der Waals surface area contributed by atoms with Gasteiger partial charge in [0, 0.05) is 32.2 Å². The lowest BCUT2D eigenvalue weighted by atomic mass is 9.91. The first-order valence-corrected chi connectivity index (χ1v) is 9.51. The Labute approximate surface area is 133 Å². The van der Waals surface area contributed by atoms with E-state index in [2.05, 4.69) is 11.8 Å². The maximum Gasteiger partial charge on any atom is 0.245 e. The van der Waals surface area contributed by atoms with E-state index in [9.17, 15) is 8.42 Å². The molecular weight excluding hydrogens is 298 g/mol. The molecule has 1 aromatic rings. The van der Waals surface area contributed by atoms with Crippen molar-refractivity contribution >= 4 is 15.7 Å². The summed E-state index contributed by atoms with van der Waals surface area (Å²) in [6.07, 6.45) is 3.81. The molecule has 5 nitrogen and oxygen atoms in total. The summed E-state index contributed by atoms with van der Waals surface area (Å²) in [7, 11) is -3.51. The third-order valence-electron chi connectivity index (χ3n) is 4.83. The lowest BCUT2D eigenvalue weighted by Gasteiger charge is -2.37. The lowest BCUT2D eigenvalue weighted by Crippen LogP contribution is -2.43. The van der Waals surface area contributed by atoms with E-state index in [4.69, 9.17) is 5.73 Å². The topological polar surface area (TPSA) is 66.6 Å². The molecule has 2 N–H and O–H groups in total. The summed E-state index contributed by atoms with van der Waals surface area (Å²) in [5.74, 6) is 0.336. The van der Waals surface area contributed by atoms with Crippen molar-refractivity contribution in [1.29, 1.82) is 0 Å². The molecule has 6 heteroatoms. The Bertz CT molecular complexity index is 628. The molecule has 3 rings (SSSR count). The summed E-state index contributed by atoms with van der Waals surface area (Å²) >= 11 is 0. The van der Waals surface area contributed by atoms with E-state index < -0.39 is 10.0 Å². The van der Waals surface area contributed by atoms with Crippen LogP contribution in [0.25, 0.3) is 0 Å². The molecule has 0 radical (unpaired) electrons. The Morgan fingerprint density at radius 3 is 2.50 bits per heavy atom. The smallest absolute Gasteiger partial charge is 0.245 e. The Morgan fingerprint density at radius 2 is 1.86 bits per heavy atom. The molecular formula is C16H25N3O2S. The number of nitrogen functional groups attached to an aromatic ring is 1. The summed E-state index contributed by atoms with van der Waals surface area (Å²) in [5.41, 5.74) is 6.21. The Hall–Kier alpha value is -1.11. The van der Waals surface area contributed by atoms with E-state index in [-0.39, 0.29) is 4.90 Å². The van der Waals surface area contributed by atoms with Crippen LogP contribution >= 0.6 is 0 Å². The van der Waals surface area contributed by atoms with E-state index in [1.54, 1.807) is 28.6 Å². The second-order valence-electron chi connectivity index (χ2n) is 6.59. The molecule has 0 spiro atoms. The molecule has 22 heavy (non-hydrogen) atoms. The fraction of sp³-hybridized carbons (Fsp3) is 0.625. The number of rotatable bonds is 3. The molecule has 2 fully saturated rings. The highest BCUT2D eigenvalue weighted by Gasteiger charge is 2.34. The summed E-state index contributed by atoms with van der Waals surface area (Å²) in [5, 5.41) is 0. The van der Waals surface area contributed by atoms with Crippen LogP contribution in [-0.4, -0.2) is 49.8 Å². The van der Waals surface area contributed by atoms with Gasteiger partial charge in [-0.05, 0) is 30.9 Å². The predicted octanol–water partition coefficient (Wildman–Crippen LogP) is 1.76. The van der Waals surface area contributed by atoms with Crippen LogP contribution in [0.5, 0.6) is 0 Å². The highest BCUT2D eigenvalue weighted by molar-refractivity contribution is 7.89. The van der Waals surface area contributed by atoms with Gasteiger partial charge in [0.1, 0.15) is 4.90 Å². The molecule has 1 unspecified atom stereocenters. The minimum atomic E-state index is -3.51. The zero-order chi connectivity index (χ0) is 15.7. The third-order valence-corrected chi connectivity index (χ3v) is 6.77. The number of sulfonamides is 1. The molecule has 1 aliphatic heterocycles. The fourth-order valence-corrected chi connectivity index (χ4v) is 5.05. The van der Waals surface area contributed by atoms with Gasteiger partial charge in [0.2, 0.25) is 10.0 Å². The Morgan fingerprint density at radius 1 is 1.14 bits per heavy atom. The lowest BCUT2D eigenvalue weighted by molar-refractivity contribution is 0.123. The van der Waals surface area contributed by atoms with Gasteiger partial charge in [-0.15, -0.1) is 0 Å². The number of benzene rings is 1. The van der Waals surface area contributed by atoms with E-state index >= 15 is 0 Å². The zero-order valence-corrected chi connectivity index (χ0v) is 13.9. The minimum absolute atomic E-state index is 0.235. The summed E-state index contributed by atoms with van der Waals surface area (Å²) in [6, 6.07) is 7.40. The van der Waals surface area contributed by atoms with Gasteiger partial charge in [-0.1, -0.05) is 25.5 Å². The number of nitrogens with two attached hydrogens (primary N) is 1. The van der Waals surface area contributed by atoms with E-state index in [1.807, 2.05) is 0 Å². The van der Waals surface area contributed by atoms with Crippen molar-refractivity contribution in [3.8, 4) is 0 Å². The van der Waals surface area contributed by atoms with E-state index in [1.165, 1.54) is 19.3 Å². The molecule has 122 valence electrons. The molecule has 1 saturated heterocycles. The average molecular weight is 323 g/mol. The van der Waals surface area contributed by atoms with Crippen LogP contribution in [0, 0.1) is 5.92 Å². The molecule has 1 aromatic carbocycles. The van der Waals surface area contributed by atoms with Crippen molar-refractivity contribution < 1.29 is 8.42 Å². The van der Waals surface area contributed by atoms with Gasteiger partial charge >= 0.3 is 0 Å². The summed E-state index contributed by atoms with van der Waals surface area (Å²) in [6.45, 7) is 5.06. The van der Waals surface area contributed by atoms with Crippen molar-refractivity contribution in [2.75, 3.05) is 31.9 Å². The number of para-hydroxylation sites is 1. The molecule has 1 atom stereocenters. The van der Waals surface area contributed by atoms with Crippen molar-refractivity contribution in [3.63, 3.8) is 0 Å². The van der Waals surface area contributed by atoms with Crippen molar-refractivity contribution in [2.24, 2.45) is 5.92 Å². The predicted molar refractivity (Wildman–Crippen MR) is 88.0 cm³/mol. The van der Waals surface area contributed by atoms with Gasteiger partial charge in [0.05, 0.1) is 5.69 Å². The molecule has 2 aliphatic rings. The average Bonchev–Trinajstić information content (AvgIpc) is 2.59. The SMILES string of the molecule is CC1CN(C2CCC2)CCN(S(=O)(=O)c2ccccc2N)C1. The van der Waals surface area contributed by atoms with Crippen molar-refractivity contribution in [2.45, 2.75) is 37.1 Å². The number of anilines is 1. The van der Waals surface area contributed by atoms with Gasteiger partial charge in [-0.25, -0.2) is 8.42 Å². The van der Waals surface area contributed by atoms with Crippen molar-refractivity contribution in [1.82, 2.24) is 9.21 Å². The minimum Gasteiger partial charge on any atom is -0.398 e. The normalized spacial score (nSPS) is 25.6. The Balaban J connectivity index is 1.80. The quantitative estimate of drug-likeness (QED) is 0.861. The maximum absolute atomic E-state index is 12.9. The summed E-state index contributed by atoms with van der Waals surface area (Å²) in [4.78, 5) is 2.71. The Kier molecular flexibility index (Phi) is 4.43. The van der Waals surface area contributed by atoms with Crippen molar-refractivity contribution in [3.05, 3.63) is 24.3 Å². The van der Waals surface area contributed by atoms with Crippen LogP contribution in [0.4, 0.5) is 5.69 Å². The van der Waals surface area contributed by atoms with Gasteiger partial charge in [-0.3, -0.25) is 4.90 Å². The first-order valence-electron chi connectivity index (χ1n) is 8.07. The molecule has 0 amide bonds. The highest BCUT2D eigenvalue weighted by atomic mass is 32.2. The third kappa shape index (κ3) is 3.00. The maximum atomic E-state index is 12.9. The molecule has 1 saturated carbocycles. The monoisotopic (exact) mass is 323 g/mol. The second-order valence-corrected chi connectivity index (χ2v) is 8.49. The van der Waals surface area contributed by atoms with E-state index in [0.29, 0.717) is 30.7 Å². The van der Waals surface area contributed by atoms with Crippen LogP contribution in [0.1, 0.15) is 26.2 Å². The van der Waals surface area contributed by atoms with Crippen LogP contribution in [0.3, 0.4) is 0 Å². The number of nitrogens with zero attached hydrogens (tertiary/aromatic N) is 2. The number of hydrogen-bond acceptors (Lipinski definition) is 4. The fourth-order valence-electron chi connectivity index (χ4n) is 3.38.